The van der Waals surface area contributed by atoms with Crippen molar-refractivity contribution >= 4 is 29.5 Å². The van der Waals surface area contributed by atoms with Crippen molar-refractivity contribution in [1.29, 1.82) is 0 Å². The highest BCUT2D eigenvalue weighted by atomic mass is 32.2. The minimum Gasteiger partial charge on any atom is -0.508 e. The van der Waals surface area contributed by atoms with Gasteiger partial charge in [-0.05, 0) is 74.6 Å². The minimum absolute atomic E-state index is 0.0380. The molecule has 0 aliphatic carbocycles. The number of phenols is 1. The van der Waals surface area contributed by atoms with Gasteiger partial charge in [0.2, 0.25) is 5.91 Å². The molecule has 3 aromatic carbocycles. The first-order valence-electron chi connectivity index (χ1n) is 13.6. The average molecular weight is 576 g/mol. The van der Waals surface area contributed by atoms with Crippen molar-refractivity contribution in [2.75, 3.05) is 5.88 Å². The summed E-state index contributed by atoms with van der Waals surface area (Å²) < 4.78 is -0.591. The van der Waals surface area contributed by atoms with Gasteiger partial charge >= 0.3 is 0 Å². The Morgan fingerprint density at radius 2 is 1.68 bits per heavy atom. The largest absolute Gasteiger partial charge is 0.508 e. The number of benzene rings is 3. The maximum absolute atomic E-state index is 13.8. The topological polar surface area (TPSA) is 119 Å². The molecule has 41 heavy (non-hydrogen) atoms. The summed E-state index contributed by atoms with van der Waals surface area (Å²) >= 11 is 1.47. The van der Waals surface area contributed by atoms with Gasteiger partial charge in [0.05, 0.1) is 11.9 Å². The van der Waals surface area contributed by atoms with Gasteiger partial charge < -0.3 is 25.7 Å². The van der Waals surface area contributed by atoms with Gasteiger partial charge in [0, 0.05) is 16.9 Å². The molecule has 3 aromatic rings. The molecule has 9 heteroatoms. The highest BCUT2D eigenvalue weighted by molar-refractivity contribution is 8.00. The lowest BCUT2D eigenvalue weighted by molar-refractivity contribution is -0.147. The van der Waals surface area contributed by atoms with Crippen LogP contribution in [-0.2, 0) is 22.6 Å². The molecule has 0 aromatic heterocycles. The maximum atomic E-state index is 13.8. The number of nitrogens with one attached hydrogen (secondary N) is 2. The minimum atomic E-state index is -1.60. The predicted molar refractivity (Wildman–Crippen MR) is 160 cm³/mol. The number of carbonyl (C=O) groups is 3. The molecule has 0 saturated carbocycles. The summed E-state index contributed by atoms with van der Waals surface area (Å²) in [6.45, 7) is 7.82. The first-order valence-corrected chi connectivity index (χ1v) is 14.6. The molecule has 1 aliphatic rings. The van der Waals surface area contributed by atoms with Gasteiger partial charge in [0.1, 0.15) is 11.8 Å². The normalized spacial score (nSPS) is 17.5. The molecule has 0 spiro atoms. The first kappa shape index (κ1) is 30.1. The molecular weight excluding hydrogens is 538 g/mol. The summed E-state index contributed by atoms with van der Waals surface area (Å²) in [5, 5.41) is 27.0. The Hall–Kier alpha value is -3.82. The Balaban J connectivity index is 1.55. The molecule has 1 saturated heterocycles. The van der Waals surface area contributed by atoms with E-state index in [1.54, 1.807) is 6.92 Å². The Morgan fingerprint density at radius 3 is 2.37 bits per heavy atom. The summed E-state index contributed by atoms with van der Waals surface area (Å²) in [6, 6.07) is 19.7. The van der Waals surface area contributed by atoms with Gasteiger partial charge in [0.25, 0.3) is 11.8 Å². The van der Waals surface area contributed by atoms with Crippen LogP contribution in [0, 0.1) is 13.8 Å². The fourth-order valence-electron chi connectivity index (χ4n) is 5.10. The number of amides is 3. The van der Waals surface area contributed by atoms with Crippen LogP contribution in [0.2, 0.25) is 0 Å². The number of phenolic OH excluding ortho intramolecular Hbond substituents is 1. The predicted octanol–water partition coefficient (Wildman–Crippen LogP) is 3.71. The molecule has 1 aliphatic heterocycles. The molecule has 4 rings (SSSR count). The Bertz CT molecular complexity index is 1410. The highest BCUT2D eigenvalue weighted by Crippen LogP contribution is 2.40. The average Bonchev–Trinajstić information content (AvgIpc) is 3.26. The van der Waals surface area contributed by atoms with E-state index in [1.807, 2.05) is 75.4 Å². The SMILES string of the molecule is Cc1ccccc1CNC(=O)C1N(C(=O)C(O)C(Cc2ccccc2)NC(=O)c2ccc(O)cc2C)CSC1(C)C. The summed E-state index contributed by atoms with van der Waals surface area (Å²) in [6.07, 6.45) is -1.40. The Labute approximate surface area is 245 Å². The second-order valence-corrected chi connectivity index (χ2v) is 12.5. The van der Waals surface area contributed by atoms with E-state index < -0.39 is 34.7 Å². The number of aryl methyl sites for hydroxylation is 2. The second kappa shape index (κ2) is 12.8. The van der Waals surface area contributed by atoms with Gasteiger partial charge in [-0.2, -0.15) is 0 Å². The third kappa shape index (κ3) is 7.10. The molecule has 216 valence electrons. The molecule has 8 nitrogen and oxygen atoms in total. The molecule has 4 N–H and O–H groups in total. The third-order valence-electron chi connectivity index (χ3n) is 7.50. The highest BCUT2D eigenvalue weighted by Gasteiger charge is 2.49. The van der Waals surface area contributed by atoms with Crippen LogP contribution in [0.25, 0.3) is 0 Å². The molecule has 0 radical (unpaired) electrons. The van der Waals surface area contributed by atoms with Gasteiger partial charge in [-0.15, -0.1) is 11.8 Å². The number of hydrogen-bond acceptors (Lipinski definition) is 6. The Morgan fingerprint density at radius 1 is 1.00 bits per heavy atom. The number of rotatable bonds is 9. The summed E-state index contributed by atoms with van der Waals surface area (Å²) in [5.74, 6) is -1.13. The molecule has 0 bridgehead atoms. The van der Waals surface area contributed by atoms with E-state index >= 15 is 0 Å². The van der Waals surface area contributed by atoms with Crippen LogP contribution >= 0.6 is 11.8 Å². The van der Waals surface area contributed by atoms with Crippen LogP contribution in [-0.4, -0.2) is 61.6 Å². The summed E-state index contributed by atoms with van der Waals surface area (Å²) in [4.78, 5) is 42.0. The third-order valence-corrected chi connectivity index (χ3v) is 8.87. The van der Waals surface area contributed by atoms with Gasteiger partial charge in [-0.1, -0.05) is 54.6 Å². The molecule has 3 atom stereocenters. The lowest BCUT2D eigenvalue weighted by Gasteiger charge is -2.33. The molecule has 3 amide bonds. The number of aliphatic hydroxyl groups excluding tert-OH is 1. The van der Waals surface area contributed by atoms with Crippen LogP contribution in [0.1, 0.15) is 46.5 Å². The zero-order valence-corrected chi connectivity index (χ0v) is 24.6. The van der Waals surface area contributed by atoms with Crippen molar-refractivity contribution in [1.82, 2.24) is 15.5 Å². The molecule has 1 heterocycles. The van der Waals surface area contributed by atoms with Crippen LogP contribution in [0.3, 0.4) is 0 Å². The van der Waals surface area contributed by atoms with Gasteiger partial charge in [-0.25, -0.2) is 0 Å². The van der Waals surface area contributed by atoms with E-state index in [-0.39, 0.29) is 24.0 Å². The van der Waals surface area contributed by atoms with E-state index in [1.165, 1.54) is 34.9 Å². The van der Waals surface area contributed by atoms with Gasteiger partial charge in [0.15, 0.2) is 6.10 Å². The lowest BCUT2D eigenvalue weighted by Crippen LogP contribution is -2.58. The van der Waals surface area contributed by atoms with Crippen molar-refractivity contribution in [3.63, 3.8) is 0 Å². The number of nitrogens with zero attached hydrogens (tertiary/aromatic N) is 1. The van der Waals surface area contributed by atoms with Crippen molar-refractivity contribution in [3.05, 3.63) is 101 Å². The number of carbonyl (C=O) groups excluding carboxylic acids is 3. The van der Waals surface area contributed by atoms with Crippen LogP contribution in [0.4, 0.5) is 0 Å². The van der Waals surface area contributed by atoms with Crippen LogP contribution in [0.5, 0.6) is 5.75 Å². The smallest absolute Gasteiger partial charge is 0.254 e. The standard InChI is InChI=1S/C32H37N3O5S/c1-20-10-8-9-13-23(20)18-33-30(39)28-32(3,4)41-19-35(28)31(40)27(37)26(17-22-11-6-5-7-12-22)34-29(38)25-15-14-24(36)16-21(25)2/h5-16,26-28,36-37H,17-19H2,1-4H3,(H,33,39)(H,34,38). The summed E-state index contributed by atoms with van der Waals surface area (Å²) in [7, 11) is 0. The monoisotopic (exact) mass is 575 g/mol. The van der Waals surface area contributed by atoms with Crippen molar-refractivity contribution in [2.24, 2.45) is 0 Å². The number of hydrogen-bond donors (Lipinski definition) is 4. The molecular formula is C32H37N3O5S. The number of aromatic hydroxyl groups is 1. The fourth-order valence-corrected chi connectivity index (χ4v) is 6.24. The summed E-state index contributed by atoms with van der Waals surface area (Å²) in [5.41, 5.74) is 3.75. The van der Waals surface area contributed by atoms with E-state index in [0.717, 1.165) is 16.7 Å². The van der Waals surface area contributed by atoms with E-state index in [2.05, 4.69) is 10.6 Å². The number of aliphatic hydroxyl groups is 1. The Kier molecular flexibility index (Phi) is 9.40. The zero-order valence-electron chi connectivity index (χ0n) is 23.8. The zero-order chi connectivity index (χ0) is 29.7. The van der Waals surface area contributed by atoms with E-state index in [4.69, 9.17) is 0 Å². The molecule has 1 fully saturated rings. The first-order chi connectivity index (χ1) is 19.5. The van der Waals surface area contributed by atoms with Crippen molar-refractivity contribution in [2.45, 2.75) is 63.6 Å². The van der Waals surface area contributed by atoms with E-state index in [9.17, 15) is 24.6 Å². The van der Waals surface area contributed by atoms with Crippen molar-refractivity contribution < 1.29 is 24.6 Å². The lowest BCUT2D eigenvalue weighted by atomic mass is 9.96. The van der Waals surface area contributed by atoms with Crippen LogP contribution in [0.15, 0.2) is 72.8 Å². The second-order valence-electron chi connectivity index (χ2n) is 10.9. The fraction of sp³-hybridized carbons (Fsp3) is 0.344. The van der Waals surface area contributed by atoms with Gasteiger partial charge in [-0.3, -0.25) is 14.4 Å². The van der Waals surface area contributed by atoms with E-state index in [0.29, 0.717) is 17.7 Å². The maximum Gasteiger partial charge on any atom is 0.254 e. The van der Waals surface area contributed by atoms with Crippen molar-refractivity contribution in [3.8, 4) is 5.75 Å². The van der Waals surface area contributed by atoms with Crippen LogP contribution < -0.4 is 10.6 Å². The number of thioether (sulfide) groups is 1. The molecule has 3 unspecified atom stereocenters. The quantitative estimate of drug-likeness (QED) is 0.309.